The summed E-state index contributed by atoms with van der Waals surface area (Å²) in [6.07, 6.45) is 0. The second-order valence-corrected chi connectivity index (χ2v) is 7.75. The van der Waals surface area contributed by atoms with Crippen LogP contribution in [0.25, 0.3) is 0 Å². The van der Waals surface area contributed by atoms with Crippen LogP contribution in [0.1, 0.15) is 36.7 Å². The van der Waals surface area contributed by atoms with Crippen LogP contribution < -0.4 is 10.6 Å². The molecule has 0 saturated carbocycles. The van der Waals surface area contributed by atoms with Crippen LogP contribution in [0.5, 0.6) is 0 Å². The van der Waals surface area contributed by atoms with Crippen molar-refractivity contribution in [3.63, 3.8) is 0 Å². The summed E-state index contributed by atoms with van der Waals surface area (Å²) in [6.45, 7) is 10.3. The first-order chi connectivity index (χ1) is 12.9. The molecule has 27 heavy (non-hydrogen) atoms. The molecule has 7 heteroatoms. The van der Waals surface area contributed by atoms with Gasteiger partial charge < -0.3 is 10.6 Å². The molecule has 1 aromatic heterocycles. The highest BCUT2D eigenvalue weighted by Crippen LogP contribution is 2.17. The lowest BCUT2D eigenvalue weighted by atomic mass is 10.0. The zero-order valence-corrected chi connectivity index (χ0v) is 16.9. The first kappa shape index (κ1) is 19.5. The molecule has 1 fully saturated rings. The van der Waals surface area contributed by atoms with Crippen molar-refractivity contribution >= 4 is 11.9 Å². The van der Waals surface area contributed by atoms with Gasteiger partial charge in [0.25, 0.3) is 0 Å². The van der Waals surface area contributed by atoms with E-state index in [1.807, 2.05) is 19.0 Å². The average molecular weight is 370 g/mol. The van der Waals surface area contributed by atoms with E-state index in [1.54, 1.807) is 0 Å². The van der Waals surface area contributed by atoms with Crippen molar-refractivity contribution in [1.82, 2.24) is 24.8 Å². The minimum absolute atomic E-state index is 0.284. The van der Waals surface area contributed by atoms with Crippen LogP contribution in [0, 0.1) is 0 Å². The van der Waals surface area contributed by atoms with Crippen molar-refractivity contribution in [3.05, 3.63) is 41.2 Å². The van der Waals surface area contributed by atoms with E-state index in [2.05, 4.69) is 62.9 Å². The molecule has 1 aliphatic rings. The van der Waals surface area contributed by atoms with E-state index >= 15 is 0 Å². The Morgan fingerprint density at radius 1 is 0.926 bits per heavy atom. The normalized spacial score (nSPS) is 16.0. The summed E-state index contributed by atoms with van der Waals surface area (Å²) >= 11 is 0. The van der Waals surface area contributed by atoms with Crippen LogP contribution >= 0.6 is 0 Å². The topological polar surface area (TPSA) is 74.4 Å². The number of hydrogen-bond donors (Lipinski definition) is 1. The summed E-state index contributed by atoms with van der Waals surface area (Å²) in [5.41, 5.74) is 8.61. The standard InChI is InChI=1S/C20H31N7/c1-15(2)17-7-5-16(6-8-17)13-26-9-11-27(12-10-26)14-18-22-19(21)24-20(23-18)25(3)4/h5-8,15H,9-14H2,1-4H3,(H2,21,22,23,24). The molecule has 7 nitrogen and oxygen atoms in total. The van der Waals surface area contributed by atoms with Gasteiger partial charge in [0.2, 0.25) is 11.9 Å². The zero-order chi connectivity index (χ0) is 19.4. The maximum Gasteiger partial charge on any atom is 0.229 e. The Bertz CT molecular complexity index is 734. The van der Waals surface area contributed by atoms with Gasteiger partial charge in [-0.2, -0.15) is 15.0 Å². The predicted molar refractivity (Wildman–Crippen MR) is 110 cm³/mol. The van der Waals surface area contributed by atoms with Crippen molar-refractivity contribution in [2.24, 2.45) is 0 Å². The zero-order valence-electron chi connectivity index (χ0n) is 16.9. The first-order valence-electron chi connectivity index (χ1n) is 9.62. The minimum atomic E-state index is 0.284. The quantitative estimate of drug-likeness (QED) is 0.834. The number of aromatic nitrogens is 3. The summed E-state index contributed by atoms with van der Waals surface area (Å²) in [4.78, 5) is 19.7. The molecule has 1 saturated heterocycles. The maximum absolute atomic E-state index is 5.82. The first-order valence-corrected chi connectivity index (χ1v) is 9.62. The average Bonchev–Trinajstić information content (AvgIpc) is 2.63. The Morgan fingerprint density at radius 3 is 2.07 bits per heavy atom. The van der Waals surface area contributed by atoms with E-state index < -0.39 is 0 Å². The fraction of sp³-hybridized carbons (Fsp3) is 0.550. The molecule has 0 spiro atoms. The number of rotatable bonds is 6. The number of piperazine rings is 1. The number of nitrogens with zero attached hydrogens (tertiary/aromatic N) is 6. The third kappa shape index (κ3) is 5.37. The van der Waals surface area contributed by atoms with Gasteiger partial charge in [-0.3, -0.25) is 9.80 Å². The Morgan fingerprint density at radius 2 is 1.52 bits per heavy atom. The maximum atomic E-state index is 5.82. The molecule has 0 radical (unpaired) electrons. The summed E-state index contributed by atoms with van der Waals surface area (Å²) in [5.74, 6) is 2.22. The van der Waals surface area contributed by atoms with Crippen LogP contribution in [0.15, 0.2) is 24.3 Å². The summed E-state index contributed by atoms with van der Waals surface area (Å²) in [5, 5.41) is 0. The lowest BCUT2D eigenvalue weighted by Gasteiger charge is -2.34. The molecule has 1 aromatic carbocycles. The molecule has 0 unspecified atom stereocenters. The van der Waals surface area contributed by atoms with E-state index in [9.17, 15) is 0 Å². The van der Waals surface area contributed by atoms with Crippen LogP contribution in [0.4, 0.5) is 11.9 Å². The SMILES string of the molecule is CC(C)c1ccc(CN2CCN(Cc3nc(N)nc(N(C)C)n3)CC2)cc1. The monoisotopic (exact) mass is 369 g/mol. The fourth-order valence-electron chi connectivity index (χ4n) is 3.27. The minimum Gasteiger partial charge on any atom is -0.368 e. The lowest BCUT2D eigenvalue weighted by Crippen LogP contribution is -2.45. The highest BCUT2D eigenvalue weighted by Gasteiger charge is 2.19. The van der Waals surface area contributed by atoms with Crippen LogP contribution in [0.3, 0.4) is 0 Å². The van der Waals surface area contributed by atoms with Gasteiger partial charge in [0, 0.05) is 46.8 Å². The third-order valence-corrected chi connectivity index (χ3v) is 4.97. The Hall–Kier alpha value is -2.25. The van der Waals surface area contributed by atoms with Gasteiger partial charge in [-0.05, 0) is 17.0 Å². The summed E-state index contributed by atoms with van der Waals surface area (Å²) in [6, 6.07) is 9.03. The van der Waals surface area contributed by atoms with Gasteiger partial charge in [-0.1, -0.05) is 38.1 Å². The van der Waals surface area contributed by atoms with Gasteiger partial charge in [-0.15, -0.1) is 0 Å². The van der Waals surface area contributed by atoms with E-state index in [-0.39, 0.29) is 5.95 Å². The van der Waals surface area contributed by atoms with E-state index in [4.69, 9.17) is 5.73 Å². The second-order valence-electron chi connectivity index (χ2n) is 7.75. The lowest BCUT2D eigenvalue weighted by molar-refractivity contribution is 0.120. The number of hydrogen-bond acceptors (Lipinski definition) is 7. The molecule has 0 atom stereocenters. The van der Waals surface area contributed by atoms with E-state index in [1.165, 1.54) is 11.1 Å². The predicted octanol–water partition coefficient (Wildman–Crippen LogP) is 1.96. The number of nitrogens with two attached hydrogens (primary N) is 1. The van der Waals surface area contributed by atoms with Gasteiger partial charge in [0.15, 0.2) is 0 Å². The largest absolute Gasteiger partial charge is 0.368 e. The van der Waals surface area contributed by atoms with Gasteiger partial charge in [0.05, 0.1) is 6.54 Å². The molecule has 0 amide bonds. The number of anilines is 2. The molecule has 146 valence electrons. The molecule has 0 bridgehead atoms. The fourth-order valence-corrected chi connectivity index (χ4v) is 3.27. The highest BCUT2D eigenvalue weighted by atomic mass is 15.3. The van der Waals surface area contributed by atoms with Gasteiger partial charge in [-0.25, -0.2) is 0 Å². The van der Waals surface area contributed by atoms with E-state index in [0.717, 1.165) is 38.5 Å². The number of nitrogen functional groups attached to an aromatic ring is 1. The molecule has 1 aliphatic heterocycles. The van der Waals surface area contributed by atoms with Gasteiger partial charge in [0.1, 0.15) is 5.82 Å². The van der Waals surface area contributed by atoms with Crippen LogP contribution in [-0.4, -0.2) is 65.0 Å². The highest BCUT2D eigenvalue weighted by molar-refractivity contribution is 5.32. The smallest absolute Gasteiger partial charge is 0.229 e. The molecular weight excluding hydrogens is 338 g/mol. The third-order valence-electron chi connectivity index (χ3n) is 4.97. The van der Waals surface area contributed by atoms with Crippen molar-refractivity contribution < 1.29 is 0 Å². The molecule has 2 aromatic rings. The van der Waals surface area contributed by atoms with E-state index in [0.29, 0.717) is 18.4 Å². The van der Waals surface area contributed by atoms with Crippen LogP contribution in [-0.2, 0) is 13.1 Å². The second kappa shape index (κ2) is 8.63. The van der Waals surface area contributed by atoms with Crippen molar-refractivity contribution in [2.45, 2.75) is 32.9 Å². The Labute approximate surface area is 162 Å². The molecular formula is C20H31N7. The van der Waals surface area contributed by atoms with Crippen LogP contribution in [0.2, 0.25) is 0 Å². The summed E-state index contributed by atoms with van der Waals surface area (Å²) in [7, 11) is 3.82. The molecule has 2 heterocycles. The Balaban J connectivity index is 1.52. The molecule has 0 aliphatic carbocycles. The van der Waals surface area contributed by atoms with Crippen molar-refractivity contribution in [2.75, 3.05) is 50.9 Å². The van der Waals surface area contributed by atoms with Gasteiger partial charge >= 0.3 is 0 Å². The van der Waals surface area contributed by atoms with Crippen molar-refractivity contribution in [1.29, 1.82) is 0 Å². The number of benzene rings is 1. The Kier molecular flexibility index (Phi) is 6.23. The molecule has 3 rings (SSSR count). The summed E-state index contributed by atoms with van der Waals surface area (Å²) < 4.78 is 0. The molecule has 2 N–H and O–H groups in total. The van der Waals surface area contributed by atoms with Crippen molar-refractivity contribution in [3.8, 4) is 0 Å².